The third kappa shape index (κ3) is 4.75. The quantitative estimate of drug-likeness (QED) is 0.535. The molecule has 138 valence electrons. The van der Waals surface area contributed by atoms with Crippen LogP contribution < -0.4 is 11.1 Å². The molecule has 0 aromatic rings. The van der Waals surface area contributed by atoms with E-state index in [0.717, 1.165) is 63.8 Å². The Morgan fingerprint density at radius 2 is 2.08 bits per heavy atom. The lowest BCUT2D eigenvalue weighted by Gasteiger charge is -2.48. The van der Waals surface area contributed by atoms with Gasteiger partial charge in [0.15, 0.2) is 0 Å². The summed E-state index contributed by atoms with van der Waals surface area (Å²) in [5.41, 5.74) is 7.29. The topological polar surface area (TPSA) is 64.3 Å². The zero-order valence-corrected chi connectivity index (χ0v) is 15.8. The van der Waals surface area contributed by atoms with Gasteiger partial charge in [-0.3, -0.25) is 0 Å². The first kappa shape index (κ1) is 19.3. The van der Waals surface area contributed by atoms with Crippen LogP contribution in [0.4, 0.5) is 4.79 Å². The molecule has 0 saturated heterocycles. The van der Waals surface area contributed by atoms with Crippen LogP contribution in [0, 0.1) is 17.3 Å². The van der Waals surface area contributed by atoms with E-state index in [1.54, 1.807) is 0 Å². The summed E-state index contributed by atoms with van der Waals surface area (Å²) in [6, 6.07) is 0. The van der Waals surface area contributed by atoms with Crippen molar-refractivity contribution >= 4 is 6.09 Å². The molecule has 1 fully saturated rings. The Labute approximate surface area is 147 Å². The number of nitrogens with two attached hydrogens (primary N) is 1. The largest absolute Gasteiger partial charge is 0.446 e. The highest BCUT2D eigenvalue weighted by Crippen LogP contribution is 2.52. The van der Waals surface area contributed by atoms with E-state index in [1.807, 2.05) is 0 Å². The minimum atomic E-state index is -0.250. The summed E-state index contributed by atoms with van der Waals surface area (Å²) in [7, 11) is 0. The number of hydrogen-bond acceptors (Lipinski definition) is 3. The van der Waals surface area contributed by atoms with Crippen molar-refractivity contribution in [1.82, 2.24) is 5.32 Å². The highest BCUT2D eigenvalue weighted by Gasteiger charge is 2.44. The van der Waals surface area contributed by atoms with Crippen LogP contribution in [0.2, 0.25) is 0 Å². The van der Waals surface area contributed by atoms with E-state index in [0.29, 0.717) is 17.9 Å². The normalized spacial score (nSPS) is 32.7. The van der Waals surface area contributed by atoms with Crippen LogP contribution in [0.3, 0.4) is 0 Å². The maximum Gasteiger partial charge on any atom is 0.407 e. The fourth-order valence-corrected chi connectivity index (χ4v) is 4.31. The molecule has 3 N–H and O–H groups in total. The third-order valence-electron chi connectivity index (χ3n) is 6.44. The number of fused-ring (bicyclic) bond motifs is 1. The molecule has 1 saturated carbocycles. The number of ether oxygens (including phenoxy) is 1. The zero-order chi connectivity index (χ0) is 17.6. The Balaban J connectivity index is 1.72. The van der Waals surface area contributed by atoms with Crippen molar-refractivity contribution in [2.24, 2.45) is 23.0 Å². The van der Waals surface area contributed by atoms with Crippen molar-refractivity contribution in [3.8, 4) is 0 Å². The molecule has 4 atom stereocenters. The second-order valence-corrected chi connectivity index (χ2v) is 8.05. The number of amides is 1. The van der Waals surface area contributed by atoms with E-state index < -0.39 is 0 Å². The predicted molar refractivity (Wildman–Crippen MR) is 98.8 cm³/mol. The molecule has 0 aliphatic heterocycles. The van der Waals surface area contributed by atoms with Crippen LogP contribution in [0.25, 0.3) is 0 Å². The first-order chi connectivity index (χ1) is 11.5. The van der Waals surface area contributed by atoms with E-state index in [4.69, 9.17) is 10.5 Å². The van der Waals surface area contributed by atoms with Gasteiger partial charge in [-0.15, -0.1) is 0 Å². The molecule has 0 aromatic carbocycles. The minimum Gasteiger partial charge on any atom is -0.446 e. The van der Waals surface area contributed by atoms with Gasteiger partial charge < -0.3 is 15.8 Å². The summed E-state index contributed by atoms with van der Waals surface area (Å²) in [6.07, 6.45) is 10.7. The number of carbonyl (C=O) groups excluding carboxylic acids is 1. The molecule has 2 unspecified atom stereocenters. The summed E-state index contributed by atoms with van der Waals surface area (Å²) >= 11 is 0. The minimum absolute atomic E-state index is 0.0437. The Morgan fingerprint density at radius 3 is 2.83 bits per heavy atom. The molecule has 2 aliphatic rings. The van der Waals surface area contributed by atoms with Gasteiger partial charge in [-0.05, 0) is 55.9 Å². The maximum absolute atomic E-state index is 12.0. The van der Waals surface area contributed by atoms with Crippen LogP contribution in [0.1, 0.15) is 72.1 Å². The molecule has 0 spiro atoms. The number of unbranched alkanes of at least 4 members (excludes halogenated alkanes) is 3. The molecule has 4 heteroatoms. The number of carbonyl (C=O) groups is 1. The SMILES string of the molecule is CC1CC=C2C[C@@H](OC(=O)NCCCCCCN)CC[C@]2(C)C1C. The second-order valence-electron chi connectivity index (χ2n) is 8.05. The van der Waals surface area contributed by atoms with Crippen LogP contribution in [0.15, 0.2) is 11.6 Å². The van der Waals surface area contributed by atoms with Crippen LogP contribution in [0.5, 0.6) is 0 Å². The number of rotatable bonds is 7. The van der Waals surface area contributed by atoms with Gasteiger partial charge in [0.2, 0.25) is 0 Å². The molecule has 0 radical (unpaired) electrons. The zero-order valence-electron chi connectivity index (χ0n) is 15.8. The average Bonchev–Trinajstić information content (AvgIpc) is 2.56. The summed E-state index contributed by atoms with van der Waals surface area (Å²) in [5, 5.41) is 2.89. The van der Waals surface area contributed by atoms with Crippen LogP contribution in [-0.2, 0) is 4.74 Å². The predicted octanol–water partition coefficient (Wildman–Crippen LogP) is 4.39. The smallest absolute Gasteiger partial charge is 0.407 e. The molecule has 0 aromatic heterocycles. The number of nitrogens with one attached hydrogen (secondary N) is 1. The van der Waals surface area contributed by atoms with E-state index in [-0.39, 0.29) is 12.2 Å². The standard InChI is InChI=1S/C20H36N2O2/c1-15-8-9-17-14-18(10-11-20(17,3)16(15)2)24-19(23)22-13-7-5-4-6-12-21/h9,15-16,18H,4-8,10-14,21H2,1-3H3,(H,22,23)/t15?,16?,18-,20+/m0/s1. The maximum atomic E-state index is 12.0. The number of allylic oxidation sites excluding steroid dienone is 1. The van der Waals surface area contributed by atoms with Crippen molar-refractivity contribution < 1.29 is 9.53 Å². The summed E-state index contributed by atoms with van der Waals surface area (Å²) in [5.74, 6) is 1.46. The molecule has 24 heavy (non-hydrogen) atoms. The van der Waals surface area contributed by atoms with Crippen molar-refractivity contribution in [2.75, 3.05) is 13.1 Å². The fraction of sp³-hybridized carbons (Fsp3) is 0.850. The Morgan fingerprint density at radius 1 is 1.33 bits per heavy atom. The summed E-state index contributed by atoms with van der Waals surface area (Å²) < 4.78 is 5.66. The molecule has 2 aliphatic carbocycles. The Bertz CT molecular complexity index is 449. The Kier molecular flexibility index (Phi) is 7.15. The molecule has 0 bridgehead atoms. The molecular formula is C20H36N2O2. The number of alkyl carbamates (subject to hydrolysis) is 1. The van der Waals surface area contributed by atoms with Gasteiger partial charge in [0.05, 0.1) is 0 Å². The molecule has 2 rings (SSSR count). The molecular weight excluding hydrogens is 300 g/mol. The molecule has 0 heterocycles. The van der Waals surface area contributed by atoms with E-state index >= 15 is 0 Å². The monoisotopic (exact) mass is 336 g/mol. The van der Waals surface area contributed by atoms with E-state index in [2.05, 4.69) is 32.2 Å². The number of hydrogen-bond donors (Lipinski definition) is 2. The highest BCUT2D eigenvalue weighted by molar-refractivity contribution is 5.67. The van der Waals surface area contributed by atoms with Gasteiger partial charge >= 0.3 is 6.09 Å². The van der Waals surface area contributed by atoms with E-state index in [9.17, 15) is 4.79 Å². The van der Waals surface area contributed by atoms with Crippen molar-refractivity contribution in [1.29, 1.82) is 0 Å². The van der Waals surface area contributed by atoms with Crippen molar-refractivity contribution in [2.45, 2.75) is 78.2 Å². The lowest BCUT2D eigenvalue weighted by atomic mass is 9.57. The molecule has 4 nitrogen and oxygen atoms in total. The van der Waals surface area contributed by atoms with Gasteiger partial charge in [-0.1, -0.05) is 45.3 Å². The first-order valence-electron chi connectivity index (χ1n) is 9.81. The second kappa shape index (κ2) is 8.89. The van der Waals surface area contributed by atoms with Gasteiger partial charge in [-0.25, -0.2) is 4.79 Å². The van der Waals surface area contributed by atoms with Gasteiger partial charge in [0.25, 0.3) is 0 Å². The van der Waals surface area contributed by atoms with Crippen LogP contribution in [-0.4, -0.2) is 25.3 Å². The first-order valence-corrected chi connectivity index (χ1v) is 9.81. The van der Waals surface area contributed by atoms with Crippen molar-refractivity contribution in [3.05, 3.63) is 11.6 Å². The third-order valence-corrected chi connectivity index (χ3v) is 6.44. The van der Waals surface area contributed by atoms with Gasteiger partial charge in [0.1, 0.15) is 6.10 Å². The lowest BCUT2D eigenvalue weighted by molar-refractivity contribution is 0.0420. The summed E-state index contributed by atoms with van der Waals surface area (Å²) in [6.45, 7) is 8.59. The average molecular weight is 337 g/mol. The van der Waals surface area contributed by atoms with Crippen molar-refractivity contribution in [3.63, 3.8) is 0 Å². The lowest BCUT2D eigenvalue weighted by Crippen LogP contribution is -2.42. The highest BCUT2D eigenvalue weighted by atomic mass is 16.6. The van der Waals surface area contributed by atoms with Crippen LogP contribution >= 0.6 is 0 Å². The van der Waals surface area contributed by atoms with Gasteiger partial charge in [0, 0.05) is 13.0 Å². The summed E-state index contributed by atoms with van der Waals surface area (Å²) in [4.78, 5) is 12.0. The fourth-order valence-electron chi connectivity index (χ4n) is 4.31. The van der Waals surface area contributed by atoms with Gasteiger partial charge in [-0.2, -0.15) is 0 Å². The Hall–Kier alpha value is -1.03. The van der Waals surface area contributed by atoms with E-state index in [1.165, 1.54) is 5.57 Å². The molecule has 1 amide bonds.